The predicted octanol–water partition coefficient (Wildman–Crippen LogP) is 3.87. The molecule has 0 unspecified atom stereocenters. The Morgan fingerprint density at radius 2 is 1.76 bits per heavy atom. The van der Waals surface area contributed by atoms with Crippen LogP contribution >= 0.6 is 0 Å². The first-order valence-electron chi connectivity index (χ1n) is 12.0. The van der Waals surface area contributed by atoms with E-state index in [9.17, 15) is 9.59 Å². The molecule has 2 aromatic rings. The summed E-state index contributed by atoms with van der Waals surface area (Å²) < 4.78 is 11.5. The zero-order chi connectivity index (χ0) is 24.1. The quantitative estimate of drug-likeness (QED) is 0.720. The number of likely N-dealkylation sites (tertiary alicyclic amines) is 1. The summed E-state index contributed by atoms with van der Waals surface area (Å²) >= 11 is 0. The van der Waals surface area contributed by atoms with Crippen molar-refractivity contribution in [1.82, 2.24) is 15.2 Å². The molecule has 8 nitrogen and oxygen atoms in total. The lowest BCUT2D eigenvalue weighted by atomic mass is 10.1. The summed E-state index contributed by atoms with van der Waals surface area (Å²) in [4.78, 5) is 33.1. The second-order valence-electron chi connectivity index (χ2n) is 9.93. The molecule has 3 heterocycles. The second kappa shape index (κ2) is 10.3. The molecule has 0 spiro atoms. The van der Waals surface area contributed by atoms with Crippen molar-refractivity contribution in [2.24, 2.45) is 0 Å². The van der Waals surface area contributed by atoms with E-state index in [-0.39, 0.29) is 24.1 Å². The normalized spacial score (nSPS) is 19.1. The average molecular weight is 467 g/mol. The monoisotopic (exact) mass is 466 g/mol. The maximum atomic E-state index is 12.7. The van der Waals surface area contributed by atoms with Crippen molar-refractivity contribution in [2.45, 2.75) is 57.8 Å². The summed E-state index contributed by atoms with van der Waals surface area (Å²) in [5.41, 5.74) is 1.21. The van der Waals surface area contributed by atoms with Crippen LogP contribution in [0.4, 0.5) is 10.5 Å². The summed E-state index contributed by atoms with van der Waals surface area (Å²) in [5, 5.41) is 3.14. The molecule has 1 aromatic heterocycles. The number of piperidine rings is 1. The van der Waals surface area contributed by atoms with Crippen LogP contribution in [-0.4, -0.2) is 65.8 Å². The highest BCUT2D eigenvalue weighted by molar-refractivity contribution is 5.94. The van der Waals surface area contributed by atoms with Crippen LogP contribution in [0.2, 0.25) is 0 Å². The minimum Gasteiger partial charge on any atom is -0.490 e. The summed E-state index contributed by atoms with van der Waals surface area (Å²) in [6.07, 6.45) is 5.78. The van der Waals surface area contributed by atoms with Crippen molar-refractivity contribution in [3.8, 4) is 5.75 Å². The Balaban J connectivity index is 1.22. The topological polar surface area (TPSA) is 84.0 Å². The highest BCUT2D eigenvalue weighted by Crippen LogP contribution is 2.22. The van der Waals surface area contributed by atoms with Gasteiger partial charge in [-0.2, -0.15) is 0 Å². The van der Waals surface area contributed by atoms with Crippen LogP contribution in [0.3, 0.4) is 0 Å². The number of anilines is 1. The standard InChI is InChI=1S/C26H34N4O4/c1-26(2,3)34-25(32)29-15-11-23(12-16-29)33-22-8-6-19(7-9-22)24(31)28-20-10-14-30(18-20)21-5-4-13-27-17-21/h4-9,13,17,20,23H,10-12,14-16,18H2,1-3H3,(H,28,31)/t20-/m0/s1. The molecule has 8 heteroatoms. The van der Waals surface area contributed by atoms with Gasteiger partial charge in [0.2, 0.25) is 0 Å². The predicted molar refractivity (Wildman–Crippen MR) is 130 cm³/mol. The smallest absolute Gasteiger partial charge is 0.410 e. The lowest BCUT2D eigenvalue weighted by molar-refractivity contribution is 0.0126. The molecule has 4 rings (SSSR count). The number of rotatable bonds is 5. The fraction of sp³-hybridized carbons (Fsp3) is 0.500. The van der Waals surface area contributed by atoms with E-state index in [1.807, 2.05) is 51.2 Å². The van der Waals surface area contributed by atoms with Crippen molar-refractivity contribution in [2.75, 3.05) is 31.1 Å². The fourth-order valence-electron chi connectivity index (χ4n) is 4.28. The Bertz CT molecular complexity index is 967. The summed E-state index contributed by atoms with van der Waals surface area (Å²) in [6.45, 7) is 8.51. The minimum atomic E-state index is -0.491. The molecule has 2 saturated heterocycles. The van der Waals surface area contributed by atoms with Crippen molar-refractivity contribution < 1.29 is 19.1 Å². The molecule has 2 aliphatic rings. The Hall–Kier alpha value is -3.29. The number of hydrogen-bond donors (Lipinski definition) is 1. The SMILES string of the molecule is CC(C)(C)OC(=O)N1CCC(Oc2ccc(C(=O)N[C@H]3CCN(c4cccnc4)C3)cc2)CC1. The number of hydrogen-bond acceptors (Lipinski definition) is 6. The fourth-order valence-corrected chi connectivity index (χ4v) is 4.28. The zero-order valence-electron chi connectivity index (χ0n) is 20.2. The van der Waals surface area contributed by atoms with E-state index in [0.29, 0.717) is 18.7 Å². The van der Waals surface area contributed by atoms with Gasteiger partial charge in [0.15, 0.2) is 0 Å². The van der Waals surface area contributed by atoms with Gasteiger partial charge in [0.25, 0.3) is 5.91 Å². The first-order chi connectivity index (χ1) is 16.3. The van der Waals surface area contributed by atoms with Gasteiger partial charge in [-0.25, -0.2) is 4.79 Å². The first-order valence-corrected chi connectivity index (χ1v) is 12.0. The number of nitrogens with zero attached hydrogens (tertiary/aromatic N) is 3. The summed E-state index contributed by atoms with van der Waals surface area (Å²) in [5.74, 6) is 0.658. The van der Waals surface area contributed by atoms with E-state index >= 15 is 0 Å². The third kappa shape index (κ3) is 6.40. The number of nitrogens with one attached hydrogen (secondary N) is 1. The van der Waals surface area contributed by atoms with Gasteiger partial charge in [0, 0.05) is 56.8 Å². The van der Waals surface area contributed by atoms with Crippen LogP contribution in [0.5, 0.6) is 5.75 Å². The molecule has 34 heavy (non-hydrogen) atoms. The summed E-state index contributed by atoms with van der Waals surface area (Å²) in [6, 6.07) is 11.4. The highest BCUT2D eigenvalue weighted by atomic mass is 16.6. The molecule has 0 saturated carbocycles. The van der Waals surface area contributed by atoms with E-state index in [1.54, 1.807) is 23.2 Å². The Morgan fingerprint density at radius 1 is 1.03 bits per heavy atom. The van der Waals surface area contributed by atoms with Crippen molar-refractivity contribution in [1.29, 1.82) is 0 Å². The maximum Gasteiger partial charge on any atom is 0.410 e. The number of aromatic nitrogens is 1. The molecule has 1 N–H and O–H groups in total. The minimum absolute atomic E-state index is 0.0373. The van der Waals surface area contributed by atoms with Crippen LogP contribution in [-0.2, 0) is 4.74 Å². The lowest BCUT2D eigenvalue weighted by Crippen LogP contribution is -2.44. The molecule has 0 aliphatic carbocycles. The van der Waals surface area contributed by atoms with Crippen LogP contribution < -0.4 is 15.0 Å². The van der Waals surface area contributed by atoms with Gasteiger partial charge in [-0.05, 0) is 63.6 Å². The number of carbonyl (C=O) groups excluding carboxylic acids is 2. The van der Waals surface area contributed by atoms with Gasteiger partial charge in [0.05, 0.1) is 11.9 Å². The van der Waals surface area contributed by atoms with E-state index < -0.39 is 5.60 Å². The van der Waals surface area contributed by atoms with Gasteiger partial charge in [-0.15, -0.1) is 0 Å². The molecule has 0 bridgehead atoms. The third-order valence-corrected chi connectivity index (χ3v) is 6.05. The van der Waals surface area contributed by atoms with Gasteiger partial charge in [-0.3, -0.25) is 9.78 Å². The van der Waals surface area contributed by atoms with Crippen molar-refractivity contribution >= 4 is 17.7 Å². The van der Waals surface area contributed by atoms with Gasteiger partial charge < -0.3 is 24.6 Å². The Labute approximate surface area is 201 Å². The molecule has 1 aromatic carbocycles. The number of benzene rings is 1. The molecule has 1 atom stereocenters. The van der Waals surface area contributed by atoms with Crippen LogP contribution in [0.1, 0.15) is 50.4 Å². The molecule has 2 aliphatic heterocycles. The van der Waals surface area contributed by atoms with Crippen molar-refractivity contribution in [3.63, 3.8) is 0 Å². The average Bonchev–Trinajstić information content (AvgIpc) is 3.28. The summed E-state index contributed by atoms with van der Waals surface area (Å²) in [7, 11) is 0. The van der Waals surface area contributed by atoms with E-state index in [0.717, 1.165) is 43.8 Å². The Kier molecular flexibility index (Phi) is 7.24. The number of carbonyl (C=O) groups is 2. The van der Waals surface area contributed by atoms with E-state index in [2.05, 4.69) is 15.2 Å². The zero-order valence-corrected chi connectivity index (χ0v) is 20.2. The Morgan fingerprint density at radius 3 is 2.41 bits per heavy atom. The molecular formula is C26H34N4O4. The van der Waals surface area contributed by atoms with Crippen LogP contribution in [0.25, 0.3) is 0 Å². The van der Waals surface area contributed by atoms with Gasteiger partial charge in [0.1, 0.15) is 17.5 Å². The number of amides is 2. The van der Waals surface area contributed by atoms with E-state index in [4.69, 9.17) is 9.47 Å². The number of ether oxygens (including phenoxy) is 2. The van der Waals surface area contributed by atoms with E-state index in [1.165, 1.54) is 0 Å². The molecule has 2 fully saturated rings. The van der Waals surface area contributed by atoms with Crippen molar-refractivity contribution in [3.05, 3.63) is 54.4 Å². The first kappa shape index (κ1) is 23.9. The molecular weight excluding hydrogens is 432 g/mol. The van der Waals surface area contributed by atoms with Gasteiger partial charge >= 0.3 is 6.09 Å². The number of pyridine rings is 1. The largest absolute Gasteiger partial charge is 0.490 e. The van der Waals surface area contributed by atoms with Crippen LogP contribution in [0.15, 0.2) is 48.8 Å². The second-order valence-corrected chi connectivity index (χ2v) is 9.93. The maximum absolute atomic E-state index is 12.7. The highest BCUT2D eigenvalue weighted by Gasteiger charge is 2.28. The molecule has 182 valence electrons. The molecule has 0 radical (unpaired) electrons. The van der Waals surface area contributed by atoms with Crippen LogP contribution in [0, 0.1) is 0 Å². The lowest BCUT2D eigenvalue weighted by Gasteiger charge is -2.33. The molecule has 2 amide bonds. The third-order valence-electron chi connectivity index (χ3n) is 6.05. The van der Waals surface area contributed by atoms with Gasteiger partial charge in [-0.1, -0.05) is 0 Å².